The monoisotopic (exact) mass is 646 g/mol. The van der Waals surface area contributed by atoms with Crippen LogP contribution < -0.4 is 4.74 Å². The molecule has 0 N–H and O–H groups in total. The Bertz CT molecular complexity index is 2930. The van der Waals surface area contributed by atoms with Gasteiger partial charge in [-0.1, -0.05) is 158 Å². The van der Waals surface area contributed by atoms with Gasteiger partial charge in [0.25, 0.3) is 0 Å². The number of ether oxygens (including phenoxy) is 1. The minimum absolute atomic E-state index is 0.900. The second-order valence-electron chi connectivity index (χ2n) is 13.5. The fraction of sp³-hybridized carbons (Fsp3) is 0. The van der Waals surface area contributed by atoms with Crippen LogP contribution in [0, 0.1) is 0 Å². The second kappa shape index (κ2) is 10.9. The Hall–Kier alpha value is -6.70. The summed E-state index contributed by atoms with van der Waals surface area (Å²) >= 11 is 0. The highest BCUT2D eigenvalue weighted by molar-refractivity contribution is 6.30. The standard InChI is InChI=1S/C50H30O/c1-2-15-31(16-3-1)46-35-19-4-8-23-39(35)49(40-24-9-5-20-36(40)46)50-41-25-10-6-21-37(41)47(38-22-7-11-26-42(38)50)33-29-32-17-14-28-45-48(32)43(30-33)34-18-12-13-27-44(34)51-45/h1-30H. The lowest BCUT2D eigenvalue weighted by Crippen LogP contribution is -1.98. The summed E-state index contributed by atoms with van der Waals surface area (Å²) in [4.78, 5) is 0. The molecule has 0 unspecified atom stereocenters. The fourth-order valence-corrected chi connectivity index (χ4v) is 8.75. The van der Waals surface area contributed by atoms with Crippen LogP contribution in [0.3, 0.4) is 0 Å². The van der Waals surface area contributed by atoms with Gasteiger partial charge in [-0.05, 0) is 112 Å². The summed E-state index contributed by atoms with van der Waals surface area (Å²) in [6.07, 6.45) is 0. The minimum atomic E-state index is 0.900. The Balaban J connectivity index is 1.29. The maximum atomic E-state index is 6.41. The lowest BCUT2D eigenvalue weighted by atomic mass is 9.80. The van der Waals surface area contributed by atoms with Gasteiger partial charge in [-0.25, -0.2) is 0 Å². The van der Waals surface area contributed by atoms with E-state index in [-0.39, 0.29) is 0 Å². The zero-order valence-corrected chi connectivity index (χ0v) is 27.7. The van der Waals surface area contributed by atoms with Crippen molar-refractivity contribution < 1.29 is 4.74 Å². The largest absolute Gasteiger partial charge is 0.456 e. The van der Waals surface area contributed by atoms with Crippen LogP contribution in [0.2, 0.25) is 0 Å². The summed E-state index contributed by atoms with van der Waals surface area (Å²) in [5.41, 5.74) is 9.88. The minimum Gasteiger partial charge on any atom is -0.456 e. The number of benzene rings is 10. The number of para-hydroxylation sites is 1. The Kier molecular flexibility index (Phi) is 6.02. The number of hydrogen-bond acceptors (Lipinski definition) is 1. The van der Waals surface area contributed by atoms with Crippen LogP contribution in [0.25, 0.3) is 98.4 Å². The Morgan fingerprint density at radius 1 is 0.275 bits per heavy atom. The average molecular weight is 647 g/mol. The molecule has 0 saturated heterocycles. The topological polar surface area (TPSA) is 9.23 Å². The van der Waals surface area contributed by atoms with Crippen molar-refractivity contribution in [1.29, 1.82) is 0 Å². The van der Waals surface area contributed by atoms with E-state index in [1.165, 1.54) is 92.8 Å². The van der Waals surface area contributed by atoms with Gasteiger partial charge < -0.3 is 4.74 Å². The van der Waals surface area contributed by atoms with Crippen LogP contribution in [0.15, 0.2) is 182 Å². The predicted octanol–water partition coefficient (Wildman–Crippen LogP) is 14.2. The van der Waals surface area contributed by atoms with Crippen LogP contribution in [0.4, 0.5) is 0 Å². The smallest absolute Gasteiger partial charge is 0.135 e. The van der Waals surface area contributed by atoms with Gasteiger partial charge in [0.05, 0.1) is 0 Å². The molecule has 0 bridgehead atoms. The number of hydrogen-bond donors (Lipinski definition) is 0. The van der Waals surface area contributed by atoms with Crippen molar-refractivity contribution >= 4 is 53.9 Å². The molecule has 0 spiro atoms. The third-order valence-electron chi connectivity index (χ3n) is 10.8. The summed E-state index contributed by atoms with van der Waals surface area (Å²) in [6.45, 7) is 0. The van der Waals surface area contributed by atoms with Gasteiger partial charge in [0.2, 0.25) is 0 Å². The van der Waals surface area contributed by atoms with Crippen LogP contribution in [-0.2, 0) is 0 Å². The van der Waals surface area contributed by atoms with Crippen molar-refractivity contribution in [3.8, 4) is 56.0 Å². The molecule has 10 aromatic carbocycles. The average Bonchev–Trinajstić information content (AvgIpc) is 3.19. The van der Waals surface area contributed by atoms with Crippen molar-refractivity contribution in [3.63, 3.8) is 0 Å². The maximum absolute atomic E-state index is 6.41. The molecule has 1 nitrogen and oxygen atoms in total. The first-order valence-electron chi connectivity index (χ1n) is 17.6. The van der Waals surface area contributed by atoms with Gasteiger partial charge >= 0.3 is 0 Å². The molecule has 0 aromatic heterocycles. The molecule has 0 atom stereocenters. The molecule has 0 amide bonds. The summed E-state index contributed by atoms with van der Waals surface area (Å²) in [6, 6.07) is 66.3. The third-order valence-corrected chi connectivity index (χ3v) is 10.8. The van der Waals surface area contributed by atoms with Gasteiger partial charge in [-0.15, -0.1) is 0 Å². The normalized spacial score (nSPS) is 12.1. The predicted molar refractivity (Wildman–Crippen MR) is 216 cm³/mol. The molecule has 51 heavy (non-hydrogen) atoms. The highest BCUT2D eigenvalue weighted by Gasteiger charge is 2.25. The van der Waals surface area contributed by atoms with E-state index in [4.69, 9.17) is 4.74 Å². The molecule has 0 radical (unpaired) electrons. The molecule has 10 aromatic rings. The molecule has 1 aliphatic rings. The zero-order chi connectivity index (χ0) is 33.5. The summed E-state index contributed by atoms with van der Waals surface area (Å²) in [7, 11) is 0. The lowest BCUT2D eigenvalue weighted by Gasteiger charge is -2.24. The van der Waals surface area contributed by atoms with E-state index in [1.807, 2.05) is 6.07 Å². The molecule has 1 heteroatoms. The third kappa shape index (κ3) is 4.09. The van der Waals surface area contributed by atoms with Crippen LogP contribution in [0.1, 0.15) is 0 Å². The van der Waals surface area contributed by atoms with E-state index in [0.717, 1.165) is 17.1 Å². The van der Waals surface area contributed by atoms with Crippen molar-refractivity contribution in [2.75, 3.05) is 0 Å². The number of fused-ring (bicyclic) bond motifs is 6. The van der Waals surface area contributed by atoms with Crippen LogP contribution >= 0.6 is 0 Å². The Labute approximate surface area is 295 Å². The van der Waals surface area contributed by atoms with Crippen molar-refractivity contribution in [2.45, 2.75) is 0 Å². The Morgan fingerprint density at radius 2 is 0.706 bits per heavy atom. The van der Waals surface area contributed by atoms with Gasteiger partial charge in [0, 0.05) is 10.9 Å². The first-order valence-corrected chi connectivity index (χ1v) is 17.6. The van der Waals surface area contributed by atoms with E-state index >= 15 is 0 Å². The lowest BCUT2D eigenvalue weighted by molar-refractivity contribution is 0.487. The SMILES string of the molecule is c1ccc(-c2c3ccccc3c(-c3c4ccccc4c(-c4cc5c6c(cccc6c4)Oc4ccccc4-5)c4ccccc34)c3ccccc23)cc1. The zero-order valence-electron chi connectivity index (χ0n) is 27.7. The molecule has 0 saturated carbocycles. The quantitative estimate of drug-likeness (QED) is 0.174. The van der Waals surface area contributed by atoms with Gasteiger partial charge in [0.15, 0.2) is 0 Å². The van der Waals surface area contributed by atoms with E-state index < -0.39 is 0 Å². The second-order valence-corrected chi connectivity index (χ2v) is 13.5. The molecule has 1 heterocycles. The van der Waals surface area contributed by atoms with Crippen molar-refractivity contribution in [2.24, 2.45) is 0 Å². The van der Waals surface area contributed by atoms with E-state index in [1.54, 1.807) is 0 Å². The van der Waals surface area contributed by atoms with E-state index in [9.17, 15) is 0 Å². The molecule has 236 valence electrons. The number of rotatable bonds is 3. The van der Waals surface area contributed by atoms with Gasteiger partial charge in [0.1, 0.15) is 11.5 Å². The van der Waals surface area contributed by atoms with E-state index in [0.29, 0.717) is 0 Å². The molecule has 0 aliphatic carbocycles. The van der Waals surface area contributed by atoms with Crippen molar-refractivity contribution in [3.05, 3.63) is 182 Å². The fourth-order valence-electron chi connectivity index (χ4n) is 8.75. The van der Waals surface area contributed by atoms with Gasteiger partial charge in [-0.2, -0.15) is 0 Å². The molecule has 0 fully saturated rings. The van der Waals surface area contributed by atoms with Crippen LogP contribution in [0.5, 0.6) is 11.5 Å². The molecular formula is C50H30O. The molecule has 1 aliphatic heterocycles. The highest BCUT2D eigenvalue weighted by atomic mass is 16.5. The first kappa shape index (κ1) is 28.2. The summed E-state index contributed by atoms with van der Waals surface area (Å²) < 4.78 is 6.41. The van der Waals surface area contributed by atoms with Crippen LogP contribution in [-0.4, -0.2) is 0 Å². The highest BCUT2D eigenvalue weighted by Crippen LogP contribution is 2.52. The van der Waals surface area contributed by atoms with Crippen molar-refractivity contribution in [1.82, 2.24) is 0 Å². The summed E-state index contributed by atoms with van der Waals surface area (Å²) in [5, 5.41) is 12.4. The summed E-state index contributed by atoms with van der Waals surface area (Å²) in [5.74, 6) is 1.81. The molecular weight excluding hydrogens is 617 g/mol. The maximum Gasteiger partial charge on any atom is 0.135 e. The van der Waals surface area contributed by atoms with E-state index in [2.05, 4.69) is 176 Å². The van der Waals surface area contributed by atoms with Gasteiger partial charge in [-0.3, -0.25) is 0 Å². The first-order chi connectivity index (χ1) is 25.3. The molecule has 11 rings (SSSR count). The Morgan fingerprint density at radius 3 is 1.25 bits per heavy atom.